The summed E-state index contributed by atoms with van der Waals surface area (Å²) < 4.78 is 27.2. The van der Waals surface area contributed by atoms with Crippen LogP contribution in [0.4, 0.5) is 0 Å². The van der Waals surface area contributed by atoms with Gasteiger partial charge >= 0.3 is 0 Å². The van der Waals surface area contributed by atoms with Crippen molar-refractivity contribution in [3.05, 3.63) is 40.8 Å². The maximum absolute atomic E-state index is 12.2. The van der Waals surface area contributed by atoms with Gasteiger partial charge in [-0.05, 0) is 30.5 Å². The number of hydrogen-bond donors (Lipinski definition) is 2. The van der Waals surface area contributed by atoms with Gasteiger partial charge in [0.05, 0.1) is 24.1 Å². The van der Waals surface area contributed by atoms with Crippen molar-refractivity contribution in [2.24, 2.45) is 0 Å². The van der Waals surface area contributed by atoms with Crippen LogP contribution in [0.25, 0.3) is 0 Å². The van der Waals surface area contributed by atoms with E-state index in [0.29, 0.717) is 16.4 Å². The quantitative estimate of drug-likeness (QED) is 0.804. The van der Waals surface area contributed by atoms with Gasteiger partial charge in [-0.3, -0.25) is 9.97 Å². The molecule has 0 saturated carbocycles. The zero-order valence-electron chi connectivity index (χ0n) is 12.0. The Kier molecular flexibility index (Phi) is 5.40. The van der Waals surface area contributed by atoms with E-state index in [9.17, 15) is 8.42 Å². The highest BCUT2D eigenvalue weighted by atomic mass is 32.2. The van der Waals surface area contributed by atoms with Crippen molar-refractivity contribution in [1.82, 2.24) is 20.0 Å². The van der Waals surface area contributed by atoms with E-state index in [4.69, 9.17) is 0 Å². The number of nitrogens with zero attached hydrogens (tertiary/aromatic N) is 2. The van der Waals surface area contributed by atoms with E-state index in [1.807, 2.05) is 19.2 Å². The highest BCUT2D eigenvalue weighted by Crippen LogP contribution is 2.20. The van der Waals surface area contributed by atoms with E-state index in [0.717, 1.165) is 17.8 Å². The molecule has 0 bridgehead atoms. The topological polar surface area (TPSA) is 84.0 Å². The van der Waals surface area contributed by atoms with E-state index < -0.39 is 10.0 Å². The van der Waals surface area contributed by atoms with Crippen molar-refractivity contribution in [2.45, 2.75) is 31.1 Å². The van der Waals surface area contributed by atoms with Gasteiger partial charge in [-0.15, -0.1) is 11.3 Å². The Balaban J connectivity index is 2.00. The molecule has 0 amide bonds. The van der Waals surface area contributed by atoms with Gasteiger partial charge in [-0.1, -0.05) is 6.92 Å². The first-order valence-corrected chi connectivity index (χ1v) is 8.93. The van der Waals surface area contributed by atoms with E-state index >= 15 is 0 Å². The maximum atomic E-state index is 12.2. The third-order valence-electron chi connectivity index (χ3n) is 2.75. The number of rotatable bonds is 7. The Morgan fingerprint density at radius 1 is 1.24 bits per heavy atom. The van der Waals surface area contributed by atoms with Crippen LogP contribution in [-0.4, -0.2) is 24.9 Å². The molecule has 6 nitrogen and oxygen atoms in total. The average molecular weight is 326 g/mol. The highest BCUT2D eigenvalue weighted by molar-refractivity contribution is 7.91. The highest BCUT2D eigenvalue weighted by Gasteiger charge is 2.16. The van der Waals surface area contributed by atoms with Gasteiger partial charge in [0, 0.05) is 12.7 Å². The number of sulfonamides is 1. The van der Waals surface area contributed by atoms with Gasteiger partial charge in [0.25, 0.3) is 0 Å². The van der Waals surface area contributed by atoms with Crippen LogP contribution < -0.4 is 10.0 Å². The average Bonchev–Trinajstić information content (AvgIpc) is 2.94. The number of nitrogens with one attached hydrogen (secondary N) is 2. The Hall–Kier alpha value is -1.35. The molecular weight excluding hydrogens is 308 g/mol. The molecule has 0 fully saturated rings. The number of aromatic nitrogens is 2. The van der Waals surface area contributed by atoms with Crippen molar-refractivity contribution in [1.29, 1.82) is 0 Å². The molecule has 21 heavy (non-hydrogen) atoms. The summed E-state index contributed by atoms with van der Waals surface area (Å²) in [5.74, 6) is 0. The minimum Gasteiger partial charge on any atom is -0.313 e. The fraction of sp³-hybridized carbons (Fsp3) is 0.385. The summed E-state index contributed by atoms with van der Waals surface area (Å²) in [6, 6.07) is 1.69. The van der Waals surface area contributed by atoms with Crippen LogP contribution in [0.1, 0.15) is 23.9 Å². The van der Waals surface area contributed by atoms with E-state index in [-0.39, 0.29) is 6.54 Å². The van der Waals surface area contributed by atoms with Crippen LogP contribution in [-0.2, 0) is 23.1 Å². The van der Waals surface area contributed by atoms with Gasteiger partial charge < -0.3 is 5.32 Å². The van der Waals surface area contributed by atoms with E-state index in [1.165, 1.54) is 11.3 Å². The Labute approximate surface area is 128 Å². The minimum atomic E-state index is -3.50. The summed E-state index contributed by atoms with van der Waals surface area (Å²) in [5.41, 5.74) is 2.36. The number of thiophene rings is 1. The fourth-order valence-electron chi connectivity index (χ4n) is 1.61. The van der Waals surface area contributed by atoms with Gasteiger partial charge in [-0.2, -0.15) is 0 Å². The van der Waals surface area contributed by atoms with Crippen LogP contribution >= 0.6 is 11.3 Å². The lowest BCUT2D eigenvalue weighted by Crippen LogP contribution is -2.23. The lowest BCUT2D eigenvalue weighted by molar-refractivity contribution is 0.582. The van der Waals surface area contributed by atoms with Crippen LogP contribution in [0.5, 0.6) is 0 Å². The summed E-state index contributed by atoms with van der Waals surface area (Å²) in [7, 11) is -3.50. The molecule has 2 heterocycles. The molecule has 0 aliphatic rings. The molecule has 0 aliphatic heterocycles. The molecule has 8 heteroatoms. The molecule has 0 radical (unpaired) electrons. The third-order valence-corrected chi connectivity index (χ3v) is 5.64. The molecule has 2 N–H and O–H groups in total. The second kappa shape index (κ2) is 7.08. The predicted molar refractivity (Wildman–Crippen MR) is 82.5 cm³/mol. The monoisotopic (exact) mass is 326 g/mol. The van der Waals surface area contributed by atoms with Gasteiger partial charge in [0.15, 0.2) is 0 Å². The second-order valence-electron chi connectivity index (χ2n) is 4.53. The Morgan fingerprint density at radius 3 is 2.71 bits per heavy atom. The first-order valence-electron chi connectivity index (χ1n) is 6.56. The summed E-state index contributed by atoms with van der Waals surface area (Å²) in [6.45, 7) is 5.50. The smallest absolute Gasteiger partial charge is 0.250 e. The van der Waals surface area contributed by atoms with Crippen LogP contribution in [0.3, 0.4) is 0 Å². The molecule has 0 atom stereocenters. The normalized spacial score (nSPS) is 11.7. The summed E-state index contributed by atoms with van der Waals surface area (Å²) in [5, 5.41) is 5.02. The summed E-state index contributed by atoms with van der Waals surface area (Å²) >= 11 is 1.22. The predicted octanol–water partition coefficient (Wildman–Crippen LogP) is 1.43. The molecule has 0 aliphatic carbocycles. The second-order valence-corrected chi connectivity index (χ2v) is 7.43. The van der Waals surface area contributed by atoms with Crippen molar-refractivity contribution in [2.75, 3.05) is 6.54 Å². The van der Waals surface area contributed by atoms with Gasteiger partial charge in [-0.25, -0.2) is 13.1 Å². The number of hydrogen-bond acceptors (Lipinski definition) is 6. The van der Waals surface area contributed by atoms with Crippen molar-refractivity contribution in [3.63, 3.8) is 0 Å². The Morgan fingerprint density at radius 2 is 2.05 bits per heavy atom. The molecule has 0 saturated heterocycles. The standard InChI is InChI=1S/C13H18N4O2S2/c1-3-14-6-11-4-13(20-9-11)21(18,19)17-8-12-7-15-10(2)5-16-12/h4-5,7,9,14,17H,3,6,8H2,1-2H3. The van der Waals surface area contributed by atoms with Crippen molar-refractivity contribution < 1.29 is 8.42 Å². The van der Waals surface area contributed by atoms with Gasteiger partial charge in [0.1, 0.15) is 4.21 Å². The van der Waals surface area contributed by atoms with Crippen molar-refractivity contribution in [3.8, 4) is 0 Å². The maximum Gasteiger partial charge on any atom is 0.250 e. The first-order chi connectivity index (χ1) is 10.0. The molecule has 2 rings (SSSR count). The first kappa shape index (κ1) is 16.0. The van der Waals surface area contributed by atoms with E-state index in [1.54, 1.807) is 18.5 Å². The van der Waals surface area contributed by atoms with E-state index in [2.05, 4.69) is 20.0 Å². The lowest BCUT2D eigenvalue weighted by Gasteiger charge is -2.04. The molecule has 114 valence electrons. The SMILES string of the molecule is CCNCc1csc(S(=O)(=O)NCc2cnc(C)cn2)c1. The zero-order chi connectivity index (χ0) is 15.3. The van der Waals surface area contributed by atoms with Crippen LogP contribution in [0, 0.1) is 6.92 Å². The summed E-state index contributed by atoms with van der Waals surface area (Å²) in [4.78, 5) is 8.21. The van der Waals surface area contributed by atoms with Crippen molar-refractivity contribution >= 4 is 21.4 Å². The molecular formula is C13H18N4O2S2. The minimum absolute atomic E-state index is 0.135. The molecule has 2 aromatic rings. The fourth-order valence-corrected chi connectivity index (χ4v) is 3.86. The molecule has 0 aromatic carbocycles. The lowest BCUT2D eigenvalue weighted by atomic mass is 10.3. The molecule has 2 aromatic heterocycles. The zero-order valence-corrected chi connectivity index (χ0v) is 13.6. The molecule has 0 spiro atoms. The largest absolute Gasteiger partial charge is 0.313 e. The third kappa shape index (κ3) is 4.57. The van der Waals surface area contributed by atoms with Crippen LogP contribution in [0.15, 0.2) is 28.0 Å². The van der Waals surface area contributed by atoms with Crippen LogP contribution in [0.2, 0.25) is 0 Å². The Bertz CT molecular complexity index is 680. The molecule has 0 unspecified atom stereocenters. The number of aryl methyl sites for hydroxylation is 1. The summed E-state index contributed by atoms with van der Waals surface area (Å²) in [6.07, 6.45) is 3.19. The van der Waals surface area contributed by atoms with Gasteiger partial charge in [0.2, 0.25) is 10.0 Å².